The van der Waals surface area contributed by atoms with Crippen molar-refractivity contribution in [3.63, 3.8) is 0 Å². The average molecular weight is 382 g/mol. The van der Waals surface area contributed by atoms with E-state index in [0.29, 0.717) is 15.8 Å². The van der Waals surface area contributed by atoms with E-state index in [1.54, 1.807) is 24.3 Å². The Hall–Kier alpha value is -3.06. The average Bonchev–Trinajstić information content (AvgIpc) is 2.94. The lowest BCUT2D eigenvalue weighted by molar-refractivity contribution is -0.144. The maximum Gasteiger partial charge on any atom is 0.344 e. The molecule has 138 valence electrons. The molecular formula is C20H18N2O4S. The van der Waals surface area contributed by atoms with Gasteiger partial charge >= 0.3 is 5.97 Å². The van der Waals surface area contributed by atoms with Gasteiger partial charge in [0.15, 0.2) is 11.3 Å². The van der Waals surface area contributed by atoms with Crippen LogP contribution in [0.1, 0.15) is 18.1 Å². The summed E-state index contributed by atoms with van der Waals surface area (Å²) in [6, 6.07) is 14.6. The Morgan fingerprint density at radius 1 is 1.26 bits per heavy atom. The molecule has 1 aliphatic rings. The summed E-state index contributed by atoms with van der Waals surface area (Å²) in [5, 5.41) is 12.2. The number of nitrogens with zero attached hydrogens (tertiary/aromatic N) is 1. The van der Waals surface area contributed by atoms with Gasteiger partial charge in [0.1, 0.15) is 5.75 Å². The minimum absolute atomic E-state index is 0.225. The number of carboxylic acids is 1. The van der Waals surface area contributed by atoms with E-state index < -0.39 is 12.1 Å². The first kappa shape index (κ1) is 18.7. The van der Waals surface area contributed by atoms with Crippen LogP contribution in [0.5, 0.6) is 5.75 Å². The standard InChI is InChI=1S/C20H18N2O4S/c1-12-5-3-7-15(9-12)21-20-22-18(23)17(27-20)11-14-6-4-8-16(10-14)26-13(2)19(24)25/h3-11,13H,1-2H3,(H,24,25)(H,21,22,23)/b17-11+. The van der Waals surface area contributed by atoms with Crippen molar-refractivity contribution >= 4 is 40.6 Å². The van der Waals surface area contributed by atoms with E-state index in [4.69, 9.17) is 9.84 Å². The number of carbonyl (C=O) groups excluding carboxylic acids is 1. The Morgan fingerprint density at radius 2 is 2.04 bits per heavy atom. The monoisotopic (exact) mass is 382 g/mol. The number of carboxylic acid groups (broad SMARTS) is 1. The predicted octanol–water partition coefficient (Wildman–Crippen LogP) is 3.74. The number of rotatable bonds is 5. The summed E-state index contributed by atoms with van der Waals surface area (Å²) in [5.74, 6) is -0.838. The molecule has 1 amide bonds. The highest BCUT2D eigenvalue weighted by Gasteiger charge is 2.24. The first-order chi connectivity index (χ1) is 12.9. The van der Waals surface area contributed by atoms with E-state index in [-0.39, 0.29) is 5.91 Å². The van der Waals surface area contributed by atoms with E-state index in [9.17, 15) is 9.59 Å². The summed E-state index contributed by atoms with van der Waals surface area (Å²) in [6.45, 7) is 3.44. The Labute approximate surface area is 161 Å². The molecule has 1 atom stereocenters. The summed E-state index contributed by atoms with van der Waals surface area (Å²) >= 11 is 1.25. The Morgan fingerprint density at radius 3 is 2.78 bits per heavy atom. The first-order valence-electron chi connectivity index (χ1n) is 8.26. The summed E-state index contributed by atoms with van der Waals surface area (Å²) < 4.78 is 5.36. The van der Waals surface area contributed by atoms with Crippen LogP contribution in [0.3, 0.4) is 0 Å². The van der Waals surface area contributed by atoms with Gasteiger partial charge in [0.25, 0.3) is 5.91 Å². The van der Waals surface area contributed by atoms with Crippen LogP contribution in [-0.2, 0) is 9.59 Å². The third-order valence-corrected chi connectivity index (χ3v) is 4.61. The van der Waals surface area contributed by atoms with Crippen LogP contribution in [0.4, 0.5) is 5.69 Å². The van der Waals surface area contributed by atoms with Crippen molar-refractivity contribution in [3.05, 3.63) is 64.6 Å². The van der Waals surface area contributed by atoms with Crippen LogP contribution < -0.4 is 10.1 Å². The van der Waals surface area contributed by atoms with Crippen LogP contribution in [0.2, 0.25) is 0 Å². The van der Waals surface area contributed by atoms with Gasteiger partial charge in [-0.15, -0.1) is 0 Å². The minimum atomic E-state index is -1.04. The number of benzene rings is 2. The third kappa shape index (κ3) is 4.98. The molecule has 6 nitrogen and oxygen atoms in total. The van der Waals surface area contributed by atoms with Crippen LogP contribution in [0, 0.1) is 6.92 Å². The maximum atomic E-state index is 12.2. The fourth-order valence-electron chi connectivity index (χ4n) is 2.38. The summed E-state index contributed by atoms with van der Waals surface area (Å²) in [6.07, 6.45) is 0.766. The van der Waals surface area contributed by atoms with Gasteiger partial charge in [0.2, 0.25) is 0 Å². The lowest BCUT2D eigenvalue weighted by atomic mass is 10.2. The SMILES string of the molecule is Cc1cccc(N=C2NC(=O)/C(=C\c3cccc(OC(C)C(=O)O)c3)S2)c1. The van der Waals surface area contributed by atoms with Gasteiger partial charge in [-0.05, 0) is 67.1 Å². The van der Waals surface area contributed by atoms with Gasteiger partial charge < -0.3 is 15.2 Å². The van der Waals surface area contributed by atoms with Crippen LogP contribution >= 0.6 is 11.8 Å². The van der Waals surface area contributed by atoms with Crippen molar-refractivity contribution in [3.8, 4) is 5.75 Å². The second-order valence-corrected chi connectivity index (χ2v) is 7.02. The Bertz CT molecular complexity index is 953. The summed E-state index contributed by atoms with van der Waals surface area (Å²) in [5.41, 5.74) is 2.60. The van der Waals surface area contributed by atoms with Gasteiger partial charge in [-0.3, -0.25) is 4.79 Å². The molecule has 0 bridgehead atoms. The molecule has 0 spiro atoms. The highest BCUT2D eigenvalue weighted by Crippen LogP contribution is 2.29. The van der Waals surface area contributed by atoms with Gasteiger partial charge in [0.05, 0.1) is 10.6 Å². The highest BCUT2D eigenvalue weighted by molar-refractivity contribution is 8.18. The quantitative estimate of drug-likeness (QED) is 0.769. The fraction of sp³-hybridized carbons (Fsp3) is 0.150. The van der Waals surface area contributed by atoms with Gasteiger partial charge in [-0.2, -0.15) is 0 Å². The number of aliphatic imine (C=N–C) groups is 1. The molecule has 1 unspecified atom stereocenters. The van der Waals surface area contributed by atoms with E-state index in [2.05, 4.69) is 10.3 Å². The normalized spacial score (nSPS) is 17.8. The molecule has 7 heteroatoms. The highest BCUT2D eigenvalue weighted by atomic mass is 32.2. The molecule has 1 fully saturated rings. The molecule has 2 N–H and O–H groups in total. The molecule has 1 saturated heterocycles. The predicted molar refractivity (Wildman–Crippen MR) is 106 cm³/mol. The van der Waals surface area contributed by atoms with Crippen LogP contribution in [-0.4, -0.2) is 28.3 Å². The number of hydrogen-bond acceptors (Lipinski definition) is 5. The smallest absolute Gasteiger partial charge is 0.344 e. The van der Waals surface area contributed by atoms with Gasteiger partial charge in [-0.1, -0.05) is 24.3 Å². The molecule has 0 radical (unpaired) electrons. The zero-order valence-corrected chi connectivity index (χ0v) is 15.6. The third-order valence-electron chi connectivity index (χ3n) is 3.70. The number of hydrogen-bond donors (Lipinski definition) is 2. The number of ether oxygens (including phenoxy) is 1. The lowest BCUT2D eigenvalue weighted by Gasteiger charge is -2.10. The molecule has 27 heavy (non-hydrogen) atoms. The van der Waals surface area contributed by atoms with E-state index in [1.165, 1.54) is 18.7 Å². The molecule has 1 heterocycles. The van der Waals surface area contributed by atoms with Crippen molar-refractivity contribution in [2.75, 3.05) is 0 Å². The van der Waals surface area contributed by atoms with Gasteiger partial charge in [0, 0.05) is 0 Å². The van der Waals surface area contributed by atoms with Crippen LogP contribution in [0.25, 0.3) is 6.08 Å². The van der Waals surface area contributed by atoms with E-state index in [0.717, 1.165) is 16.8 Å². The van der Waals surface area contributed by atoms with Crippen molar-refractivity contribution in [1.29, 1.82) is 0 Å². The Kier molecular flexibility index (Phi) is 5.61. The molecule has 1 aliphatic heterocycles. The summed E-state index contributed by atoms with van der Waals surface area (Å²) in [7, 11) is 0. The second-order valence-electron chi connectivity index (χ2n) is 5.99. The van der Waals surface area contributed by atoms with Crippen molar-refractivity contribution < 1.29 is 19.4 Å². The van der Waals surface area contributed by atoms with Gasteiger partial charge in [-0.25, -0.2) is 9.79 Å². The number of aliphatic carboxylic acids is 1. The molecule has 0 aliphatic carbocycles. The molecule has 0 aromatic heterocycles. The molecule has 2 aromatic rings. The number of amides is 1. The second kappa shape index (κ2) is 8.09. The molecule has 3 rings (SSSR count). The van der Waals surface area contributed by atoms with Crippen molar-refractivity contribution in [1.82, 2.24) is 5.32 Å². The number of nitrogens with one attached hydrogen (secondary N) is 1. The molecule has 0 saturated carbocycles. The van der Waals surface area contributed by atoms with E-state index >= 15 is 0 Å². The molecule has 2 aromatic carbocycles. The largest absolute Gasteiger partial charge is 0.479 e. The zero-order chi connectivity index (χ0) is 19.4. The zero-order valence-electron chi connectivity index (χ0n) is 14.8. The van der Waals surface area contributed by atoms with Crippen molar-refractivity contribution in [2.45, 2.75) is 20.0 Å². The number of carbonyl (C=O) groups is 2. The lowest BCUT2D eigenvalue weighted by Crippen LogP contribution is -2.22. The fourth-order valence-corrected chi connectivity index (χ4v) is 3.22. The maximum absolute atomic E-state index is 12.2. The number of thioether (sulfide) groups is 1. The topological polar surface area (TPSA) is 88.0 Å². The van der Waals surface area contributed by atoms with Crippen molar-refractivity contribution in [2.24, 2.45) is 4.99 Å². The number of amidine groups is 1. The Balaban J connectivity index is 1.77. The first-order valence-corrected chi connectivity index (χ1v) is 9.08. The molecular weight excluding hydrogens is 364 g/mol. The van der Waals surface area contributed by atoms with Crippen LogP contribution in [0.15, 0.2) is 58.4 Å². The minimum Gasteiger partial charge on any atom is -0.479 e. The summed E-state index contributed by atoms with van der Waals surface area (Å²) in [4.78, 5) is 28.1. The van der Waals surface area contributed by atoms with E-state index in [1.807, 2.05) is 37.3 Å². The number of aryl methyl sites for hydroxylation is 1.